The molecule has 1 heterocycles. The molecular weight excluding hydrogens is 421 g/mol. The topological polar surface area (TPSA) is 103 Å². The highest BCUT2D eigenvalue weighted by Gasteiger charge is 2.13. The number of nitrogen functional groups attached to an aromatic ring is 1. The number of benzene rings is 2. The fourth-order valence-electron chi connectivity index (χ4n) is 2.32. The van der Waals surface area contributed by atoms with Crippen molar-refractivity contribution in [2.75, 3.05) is 16.9 Å². The first-order valence-electron chi connectivity index (χ1n) is 8.09. The number of carbonyl (C=O) groups is 1. The van der Waals surface area contributed by atoms with Crippen molar-refractivity contribution in [2.45, 2.75) is 11.6 Å². The number of aromatic nitrogens is 3. The van der Waals surface area contributed by atoms with Gasteiger partial charge in [-0.05, 0) is 35.9 Å². The summed E-state index contributed by atoms with van der Waals surface area (Å²) in [6, 6.07) is 13.9. The first-order valence-corrected chi connectivity index (χ1v) is 9.83. The fourth-order valence-corrected chi connectivity index (χ4v) is 3.29. The monoisotopic (exact) mass is 435 g/mol. The van der Waals surface area contributed by atoms with Crippen molar-refractivity contribution in [1.82, 2.24) is 14.9 Å². The number of rotatable bonds is 6. The van der Waals surface area contributed by atoms with E-state index in [0.29, 0.717) is 15.7 Å². The molecule has 2 aromatic carbocycles. The molecule has 0 bridgehead atoms. The predicted molar refractivity (Wildman–Crippen MR) is 112 cm³/mol. The van der Waals surface area contributed by atoms with Crippen LogP contribution in [0.25, 0.3) is 0 Å². The molecule has 0 radical (unpaired) electrons. The van der Waals surface area contributed by atoms with Crippen LogP contribution in [0.4, 0.5) is 5.69 Å². The van der Waals surface area contributed by atoms with Crippen LogP contribution in [-0.4, -0.2) is 26.5 Å². The fraction of sp³-hybridized carbons (Fsp3) is 0.111. The van der Waals surface area contributed by atoms with Crippen LogP contribution in [0.1, 0.15) is 11.3 Å². The molecule has 0 fully saturated rings. The van der Waals surface area contributed by atoms with E-state index in [0.717, 1.165) is 22.0 Å². The lowest BCUT2D eigenvalue weighted by Crippen LogP contribution is -2.34. The van der Waals surface area contributed by atoms with Crippen molar-refractivity contribution in [3.8, 4) is 0 Å². The molecule has 0 atom stereocenters. The summed E-state index contributed by atoms with van der Waals surface area (Å²) in [6.45, 7) is 0. The Bertz CT molecular complexity index is 1060. The number of halogens is 2. The van der Waals surface area contributed by atoms with Gasteiger partial charge in [-0.15, -0.1) is 10.2 Å². The van der Waals surface area contributed by atoms with Crippen molar-refractivity contribution in [2.24, 2.45) is 0 Å². The van der Waals surface area contributed by atoms with Crippen LogP contribution < -0.4 is 16.7 Å². The molecule has 3 aromatic rings. The Morgan fingerprint density at radius 1 is 1.11 bits per heavy atom. The second-order valence-corrected chi connectivity index (χ2v) is 7.57. The standard InChI is InChI=1S/C18H15Cl2N5O2S/c19-12-6-4-11(5-7-12)8-15-17(27)25(21)18(24-23-15)28-10-16(26)22-14-3-1-2-13(20)9-14/h1-7,9H,8,10,21H2,(H,22,26). The zero-order chi connectivity index (χ0) is 20.1. The van der Waals surface area contributed by atoms with Crippen LogP contribution in [0.3, 0.4) is 0 Å². The van der Waals surface area contributed by atoms with Crippen molar-refractivity contribution in [1.29, 1.82) is 0 Å². The number of hydrogen-bond donors (Lipinski definition) is 2. The van der Waals surface area contributed by atoms with E-state index in [1.807, 2.05) is 0 Å². The van der Waals surface area contributed by atoms with Crippen LogP contribution >= 0.6 is 35.0 Å². The molecule has 1 amide bonds. The number of nitrogens with one attached hydrogen (secondary N) is 1. The van der Waals surface area contributed by atoms with E-state index in [4.69, 9.17) is 29.0 Å². The molecule has 28 heavy (non-hydrogen) atoms. The molecule has 1 aromatic heterocycles. The van der Waals surface area contributed by atoms with E-state index in [-0.39, 0.29) is 28.9 Å². The highest BCUT2D eigenvalue weighted by atomic mass is 35.5. The maximum Gasteiger partial charge on any atom is 0.294 e. The summed E-state index contributed by atoms with van der Waals surface area (Å²) in [4.78, 5) is 24.5. The first kappa shape index (κ1) is 20.2. The quantitative estimate of drug-likeness (QED) is 0.455. The van der Waals surface area contributed by atoms with Crippen LogP contribution in [0.2, 0.25) is 10.0 Å². The smallest absolute Gasteiger partial charge is 0.294 e. The Morgan fingerprint density at radius 2 is 1.86 bits per heavy atom. The van der Waals surface area contributed by atoms with E-state index < -0.39 is 5.56 Å². The van der Waals surface area contributed by atoms with E-state index in [1.54, 1.807) is 48.5 Å². The van der Waals surface area contributed by atoms with Gasteiger partial charge in [0.2, 0.25) is 11.1 Å². The van der Waals surface area contributed by atoms with E-state index in [9.17, 15) is 9.59 Å². The molecule has 7 nitrogen and oxygen atoms in total. The number of anilines is 1. The van der Waals surface area contributed by atoms with Gasteiger partial charge in [-0.25, -0.2) is 0 Å². The average Bonchev–Trinajstić information content (AvgIpc) is 2.66. The predicted octanol–water partition coefficient (Wildman–Crippen LogP) is 2.98. The zero-order valence-corrected chi connectivity index (χ0v) is 16.8. The molecule has 0 spiro atoms. The summed E-state index contributed by atoms with van der Waals surface area (Å²) in [6.07, 6.45) is 0.278. The number of nitrogens with zero attached hydrogens (tertiary/aromatic N) is 3. The number of amides is 1. The molecule has 3 N–H and O–H groups in total. The van der Waals surface area contributed by atoms with Crippen molar-refractivity contribution in [3.63, 3.8) is 0 Å². The van der Waals surface area contributed by atoms with Gasteiger partial charge in [-0.2, -0.15) is 4.68 Å². The lowest BCUT2D eigenvalue weighted by atomic mass is 10.1. The Labute approximate surface area is 174 Å². The van der Waals surface area contributed by atoms with Crippen molar-refractivity contribution >= 4 is 46.6 Å². The second-order valence-electron chi connectivity index (χ2n) is 5.75. The van der Waals surface area contributed by atoms with E-state index in [2.05, 4.69) is 15.5 Å². The lowest BCUT2D eigenvalue weighted by molar-refractivity contribution is -0.113. The SMILES string of the molecule is Nn1c(SCC(=O)Nc2cccc(Cl)c2)nnc(Cc2ccc(Cl)cc2)c1=O. The molecule has 0 unspecified atom stereocenters. The van der Waals surface area contributed by atoms with E-state index in [1.165, 1.54) is 0 Å². The first-order chi connectivity index (χ1) is 13.4. The Balaban J connectivity index is 1.64. The Kier molecular flexibility index (Phi) is 6.56. The maximum atomic E-state index is 12.4. The minimum atomic E-state index is -0.470. The summed E-state index contributed by atoms with van der Waals surface area (Å²) in [5.74, 6) is 5.55. The van der Waals surface area contributed by atoms with Gasteiger partial charge < -0.3 is 11.2 Å². The Hall–Kier alpha value is -2.55. The summed E-state index contributed by atoms with van der Waals surface area (Å²) < 4.78 is 0.898. The largest absolute Gasteiger partial charge is 0.334 e. The normalized spacial score (nSPS) is 10.6. The van der Waals surface area contributed by atoms with Crippen LogP contribution in [0.5, 0.6) is 0 Å². The summed E-state index contributed by atoms with van der Waals surface area (Å²) in [5, 5.41) is 11.9. The third kappa shape index (κ3) is 5.25. The van der Waals surface area contributed by atoms with E-state index >= 15 is 0 Å². The summed E-state index contributed by atoms with van der Waals surface area (Å²) in [7, 11) is 0. The highest BCUT2D eigenvalue weighted by molar-refractivity contribution is 7.99. The molecule has 0 aliphatic heterocycles. The van der Waals surface area contributed by atoms with Crippen molar-refractivity contribution < 1.29 is 4.79 Å². The molecule has 0 aliphatic rings. The molecule has 3 rings (SSSR count). The average molecular weight is 436 g/mol. The number of hydrogen-bond acceptors (Lipinski definition) is 6. The van der Waals surface area contributed by atoms with Gasteiger partial charge in [-0.3, -0.25) is 9.59 Å². The van der Waals surface area contributed by atoms with Crippen LogP contribution in [0, 0.1) is 0 Å². The van der Waals surface area contributed by atoms with Gasteiger partial charge in [0.15, 0.2) is 0 Å². The highest BCUT2D eigenvalue weighted by Crippen LogP contribution is 2.17. The van der Waals surface area contributed by atoms with Crippen LogP contribution in [0.15, 0.2) is 58.5 Å². The van der Waals surface area contributed by atoms with Gasteiger partial charge in [-0.1, -0.05) is 53.2 Å². The minimum Gasteiger partial charge on any atom is -0.334 e. The lowest BCUT2D eigenvalue weighted by Gasteiger charge is -2.08. The zero-order valence-electron chi connectivity index (χ0n) is 14.4. The second kappa shape index (κ2) is 9.09. The Morgan fingerprint density at radius 3 is 2.57 bits per heavy atom. The molecule has 0 saturated heterocycles. The number of thioether (sulfide) groups is 1. The van der Waals surface area contributed by atoms with Gasteiger partial charge in [0.05, 0.1) is 5.75 Å². The van der Waals surface area contributed by atoms with Crippen LogP contribution in [-0.2, 0) is 11.2 Å². The molecule has 0 saturated carbocycles. The third-order valence-corrected chi connectivity index (χ3v) is 5.08. The van der Waals surface area contributed by atoms with Gasteiger partial charge in [0.25, 0.3) is 5.56 Å². The maximum absolute atomic E-state index is 12.4. The van der Waals surface area contributed by atoms with Gasteiger partial charge >= 0.3 is 0 Å². The summed E-state index contributed by atoms with van der Waals surface area (Å²) in [5.41, 5.74) is 1.17. The third-order valence-electron chi connectivity index (χ3n) is 3.65. The minimum absolute atomic E-state index is 0.00830. The van der Waals surface area contributed by atoms with Crippen molar-refractivity contribution in [3.05, 3.63) is 80.2 Å². The number of nitrogens with two attached hydrogens (primary N) is 1. The molecule has 10 heteroatoms. The number of carbonyl (C=O) groups excluding carboxylic acids is 1. The molecular formula is C18H15Cl2N5O2S. The van der Waals surface area contributed by atoms with Gasteiger partial charge in [0.1, 0.15) is 5.69 Å². The molecule has 144 valence electrons. The van der Waals surface area contributed by atoms with Gasteiger partial charge in [0, 0.05) is 22.2 Å². The molecule has 0 aliphatic carbocycles. The summed E-state index contributed by atoms with van der Waals surface area (Å²) >= 11 is 12.8.